The van der Waals surface area contributed by atoms with Gasteiger partial charge in [-0.05, 0) is 30.6 Å². The van der Waals surface area contributed by atoms with Crippen LogP contribution in [0.15, 0.2) is 0 Å². The Morgan fingerprint density at radius 3 is 2.50 bits per heavy atom. The Morgan fingerprint density at radius 2 is 2.00 bits per heavy atom. The topological polar surface area (TPSA) is 37.3 Å². The van der Waals surface area contributed by atoms with Gasteiger partial charge in [0.25, 0.3) is 0 Å². The Hall–Kier alpha value is -0.530. The van der Waals surface area contributed by atoms with E-state index in [1.165, 1.54) is 6.42 Å². The summed E-state index contributed by atoms with van der Waals surface area (Å²) in [6, 6.07) is 0. The van der Waals surface area contributed by atoms with Crippen LogP contribution >= 0.6 is 0 Å². The van der Waals surface area contributed by atoms with Crippen LogP contribution in [0.3, 0.4) is 0 Å². The van der Waals surface area contributed by atoms with Gasteiger partial charge in [0.05, 0.1) is 0 Å². The molecule has 70 valence electrons. The van der Waals surface area contributed by atoms with Gasteiger partial charge in [0.1, 0.15) is 0 Å². The van der Waals surface area contributed by atoms with E-state index in [2.05, 4.69) is 13.8 Å². The number of rotatable bonds is 2. The van der Waals surface area contributed by atoms with Crippen molar-refractivity contribution in [2.45, 2.75) is 39.5 Å². The molecule has 0 radical (unpaired) electrons. The second kappa shape index (κ2) is 3.92. The quantitative estimate of drug-likeness (QED) is 0.691. The second-order valence-electron chi connectivity index (χ2n) is 4.23. The summed E-state index contributed by atoms with van der Waals surface area (Å²) in [5, 5.41) is 8.62. The number of carboxylic acids is 1. The van der Waals surface area contributed by atoms with Gasteiger partial charge in [-0.1, -0.05) is 20.3 Å². The molecule has 1 aliphatic rings. The lowest BCUT2D eigenvalue weighted by Gasteiger charge is -2.31. The van der Waals surface area contributed by atoms with Crippen LogP contribution in [0.4, 0.5) is 0 Å². The first kappa shape index (κ1) is 9.56. The van der Waals surface area contributed by atoms with E-state index in [4.69, 9.17) is 5.11 Å². The fourth-order valence-corrected chi connectivity index (χ4v) is 2.09. The zero-order valence-corrected chi connectivity index (χ0v) is 7.92. The molecular formula is C10H18O2. The summed E-state index contributed by atoms with van der Waals surface area (Å²) in [4.78, 5) is 10.5. The van der Waals surface area contributed by atoms with Crippen molar-refractivity contribution in [2.24, 2.45) is 17.8 Å². The Bertz CT molecular complexity index is 165. The van der Waals surface area contributed by atoms with Crippen LogP contribution in [-0.4, -0.2) is 11.1 Å². The summed E-state index contributed by atoms with van der Waals surface area (Å²) in [5.41, 5.74) is 0. The van der Waals surface area contributed by atoms with E-state index in [1.807, 2.05) is 0 Å². The maximum absolute atomic E-state index is 10.5. The number of aliphatic carboxylic acids is 1. The zero-order valence-electron chi connectivity index (χ0n) is 7.92. The van der Waals surface area contributed by atoms with Crippen molar-refractivity contribution in [3.05, 3.63) is 0 Å². The lowest BCUT2D eigenvalue weighted by atomic mass is 9.75. The molecular weight excluding hydrogens is 152 g/mol. The molecule has 12 heavy (non-hydrogen) atoms. The normalized spacial score (nSPS) is 36.3. The van der Waals surface area contributed by atoms with Crippen molar-refractivity contribution < 1.29 is 9.90 Å². The maximum Gasteiger partial charge on any atom is 0.303 e. The highest BCUT2D eigenvalue weighted by Crippen LogP contribution is 2.34. The molecule has 0 heterocycles. The number of carbonyl (C=O) groups is 1. The Labute approximate surface area is 74.0 Å². The summed E-state index contributed by atoms with van der Waals surface area (Å²) >= 11 is 0. The summed E-state index contributed by atoms with van der Waals surface area (Å²) in [7, 11) is 0. The van der Waals surface area contributed by atoms with E-state index in [9.17, 15) is 4.79 Å². The number of hydrogen-bond acceptors (Lipinski definition) is 1. The monoisotopic (exact) mass is 170 g/mol. The van der Waals surface area contributed by atoms with Crippen LogP contribution in [0, 0.1) is 17.8 Å². The third-order valence-electron chi connectivity index (χ3n) is 3.17. The molecule has 1 aliphatic carbocycles. The molecule has 1 rings (SSSR count). The second-order valence-corrected chi connectivity index (χ2v) is 4.23. The third-order valence-corrected chi connectivity index (χ3v) is 3.17. The number of hydrogen-bond donors (Lipinski definition) is 1. The fraction of sp³-hybridized carbons (Fsp3) is 0.900. The standard InChI is InChI=1S/C10H18O2/c1-7-3-4-9(5-8(7)2)6-10(11)12/h7-9H,3-6H2,1-2H3,(H,11,12). The summed E-state index contributed by atoms with van der Waals surface area (Å²) in [6.45, 7) is 4.50. The van der Waals surface area contributed by atoms with Crippen LogP contribution in [0.5, 0.6) is 0 Å². The van der Waals surface area contributed by atoms with Crippen LogP contribution < -0.4 is 0 Å². The van der Waals surface area contributed by atoms with Crippen molar-refractivity contribution in [2.75, 3.05) is 0 Å². The van der Waals surface area contributed by atoms with Gasteiger partial charge in [-0.3, -0.25) is 4.79 Å². The zero-order chi connectivity index (χ0) is 9.14. The van der Waals surface area contributed by atoms with Crippen LogP contribution in [0.1, 0.15) is 39.5 Å². The van der Waals surface area contributed by atoms with Crippen LogP contribution in [0.25, 0.3) is 0 Å². The molecule has 0 saturated heterocycles. The van der Waals surface area contributed by atoms with Crippen molar-refractivity contribution in [1.82, 2.24) is 0 Å². The van der Waals surface area contributed by atoms with Crippen molar-refractivity contribution >= 4 is 5.97 Å². The van der Waals surface area contributed by atoms with E-state index < -0.39 is 5.97 Å². The first-order valence-electron chi connectivity index (χ1n) is 4.81. The largest absolute Gasteiger partial charge is 0.481 e. The minimum absolute atomic E-state index is 0.372. The smallest absolute Gasteiger partial charge is 0.303 e. The first-order chi connectivity index (χ1) is 5.59. The third kappa shape index (κ3) is 2.50. The minimum atomic E-state index is -0.637. The molecule has 0 spiro atoms. The predicted molar refractivity (Wildman–Crippen MR) is 47.9 cm³/mol. The highest BCUT2D eigenvalue weighted by molar-refractivity contribution is 5.67. The van der Waals surface area contributed by atoms with Gasteiger partial charge in [-0.15, -0.1) is 0 Å². The molecule has 1 saturated carbocycles. The highest BCUT2D eigenvalue weighted by atomic mass is 16.4. The fourth-order valence-electron chi connectivity index (χ4n) is 2.09. The van der Waals surface area contributed by atoms with Gasteiger partial charge in [0, 0.05) is 6.42 Å². The van der Waals surface area contributed by atoms with Gasteiger partial charge < -0.3 is 5.11 Å². The van der Waals surface area contributed by atoms with Gasteiger partial charge >= 0.3 is 5.97 Å². The lowest BCUT2D eigenvalue weighted by Crippen LogP contribution is -2.22. The highest BCUT2D eigenvalue weighted by Gasteiger charge is 2.25. The molecule has 0 aromatic heterocycles. The van der Waals surface area contributed by atoms with E-state index in [0.717, 1.165) is 18.8 Å². The Morgan fingerprint density at radius 1 is 1.33 bits per heavy atom. The first-order valence-corrected chi connectivity index (χ1v) is 4.81. The number of carboxylic acid groups (broad SMARTS) is 1. The van der Waals surface area contributed by atoms with Crippen molar-refractivity contribution in [3.8, 4) is 0 Å². The lowest BCUT2D eigenvalue weighted by molar-refractivity contribution is -0.138. The SMILES string of the molecule is CC1CCC(CC(=O)O)CC1C. The van der Waals surface area contributed by atoms with E-state index >= 15 is 0 Å². The summed E-state index contributed by atoms with van der Waals surface area (Å²) in [6.07, 6.45) is 3.79. The van der Waals surface area contributed by atoms with Gasteiger partial charge in [-0.25, -0.2) is 0 Å². The summed E-state index contributed by atoms with van der Waals surface area (Å²) < 4.78 is 0. The molecule has 3 atom stereocenters. The van der Waals surface area contributed by atoms with E-state index in [0.29, 0.717) is 18.3 Å². The van der Waals surface area contributed by atoms with Gasteiger partial charge in [0.15, 0.2) is 0 Å². The molecule has 1 fully saturated rings. The van der Waals surface area contributed by atoms with Gasteiger partial charge in [0.2, 0.25) is 0 Å². The van der Waals surface area contributed by atoms with Crippen LogP contribution in [-0.2, 0) is 4.79 Å². The van der Waals surface area contributed by atoms with Crippen molar-refractivity contribution in [3.63, 3.8) is 0 Å². The predicted octanol–water partition coefficient (Wildman–Crippen LogP) is 2.53. The summed E-state index contributed by atoms with van der Waals surface area (Å²) in [5.74, 6) is 1.30. The molecule has 2 heteroatoms. The maximum atomic E-state index is 10.5. The van der Waals surface area contributed by atoms with E-state index in [-0.39, 0.29) is 0 Å². The molecule has 0 aromatic carbocycles. The minimum Gasteiger partial charge on any atom is -0.481 e. The van der Waals surface area contributed by atoms with E-state index in [1.54, 1.807) is 0 Å². The van der Waals surface area contributed by atoms with Crippen molar-refractivity contribution in [1.29, 1.82) is 0 Å². The average molecular weight is 170 g/mol. The molecule has 0 aliphatic heterocycles. The Balaban J connectivity index is 2.35. The molecule has 0 amide bonds. The molecule has 0 aromatic rings. The molecule has 1 N–H and O–H groups in total. The molecule has 3 unspecified atom stereocenters. The van der Waals surface area contributed by atoms with Gasteiger partial charge in [-0.2, -0.15) is 0 Å². The Kier molecular flexibility index (Phi) is 3.12. The average Bonchev–Trinajstić information content (AvgIpc) is 1.96. The van der Waals surface area contributed by atoms with Crippen LogP contribution in [0.2, 0.25) is 0 Å². The molecule has 0 bridgehead atoms. The molecule has 2 nitrogen and oxygen atoms in total.